The van der Waals surface area contributed by atoms with Gasteiger partial charge in [-0.1, -0.05) is 0 Å². The van der Waals surface area contributed by atoms with Crippen molar-refractivity contribution in [2.75, 3.05) is 6.61 Å². The normalized spacial score (nSPS) is 18.6. The van der Waals surface area contributed by atoms with Gasteiger partial charge in [0.05, 0.1) is 18.1 Å². The van der Waals surface area contributed by atoms with Crippen LogP contribution in [0.4, 0.5) is 18.0 Å². The largest absolute Gasteiger partial charge is 0.476 e. The van der Waals surface area contributed by atoms with Gasteiger partial charge in [0.15, 0.2) is 0 Å². The molecule has 112 valence electrons. The Morgan fingerprint density at radius 1 is 1.55 bits per heavy atom. The minimum atomic E-state index is -4.42. The molecule has 6 nitrogen and oxygen atoms in total. The van der Waals surface area contributed by atoms with Gasteiger partial charge in [-0.3, -0.25) is 0 Å². The highest BCUT2D eigenvalue weighted by Crippen LogP contribution is 2.60. The average molecular weight is 294 g/mol. The number of rotatable bonds is 5. The standard InChI is InChI=1S/C11H13F3N2O4/c12-11(13,14)10(3-4-10)7(17)2-6-20-8-1-5-16(15-8)9(18)19/h1,5,7,17H,2-4,6H2,(H,18,19)/t7-/m0/s1. The number of aliphatic hydroxyl groups excluding tert-OH is 1. The molecular formula is C11H13F3N2O4. The van der Waals surface area contributed by atoms with Crippen LogP contribution in [-0.2, 0) is 0 Å². The number of aromatic nitrogens is 2. The van der Waals surface area contributed by atoms with E-state index >= 15 is 0 Å². The molecule has 0 aliphatic heterocycles. The molecule has 1 aliphatic rings. The highest BCUT2D eigenvalue weighted by molar-refractivity contribution is 5.66. The van der Waals surface area contributed by atoms with Crippen molar-refractivity contribution in [2.24, 2.45) is 5.41 Å². The molecule has 1 fully saturated rings. The number of halogens is 3. The fourth-order valence-corrected chi connectivity index (χ4v) is 1.98. The molecule has 1 aromatic heterocycles. The summed E-state index contributed by atoms with van der Waals surface area (Å²) in [4.78, 5) is 10.5. The maximum Gasteiger partial charge on any atom is 0.432 e. The van der Waals surface area contributed by atoms with E-state index in [1.165, 1.54) is 6.07 Å². The number of hydrogen-bond donors (Lipinski definition) is 2. The number of hydrogen-bond acceptors (Lipinski definition) is 4. The molecule has 0 unspecified atom stereocenters. The van der Waals surface area contributed by atoms with Gasteiger partial charge in [0.2, 0.25) is 5.88 Å². The molecule has 0 bridgehead atoms. The molecule has 9 heteroatoms. The summed E-state index contributed by atoms with van der Waals surface area (Å²) in [6.07, 6.45) is -6.45. The van der Waals surface area contributed by atoms with Crippen LogP contribution in [0.2, 0.25) is 0 Å². The molecule has 1 saturated carbocycles. The lowest BCUT2D eigenvalue weighted by Gasteiger charge is -2.24. The molecule has 1 heterocycles. The van der Waals surface area contributed by atoms with Crippen molar-refractivity contribution in [3.8, 4) is 5.88 Å². The molecule has 0 radical (unpaired) electrons. The Morgan fingerprint density at radius 3 is 2.65 bits per heavy atom. The quantitative estimate of drug-likeness (QED) is 0.866. The van der Waals surface area contributed by atoms with Crippen LogP contribution in [0.25, 0.3) is 0 Å². The van der Waals surface area contributed by atoms with E-state index in [1.54, 1.807) is 0 Å². The zero-order valence-electron chi connectivity index (χ0n) is 10.3. The van der Waals surface area contributed by atoms with Crippen LogP contribution < -0.4 is 4.74 Å². The first-order valence-corrected chi connectivity index (χ1v) is 5.93. The topological polar surface area (TPSA) is 84.6 Å². The van der Waals surface area contributed by atoms with Gasteiger partial charge in [-0.15, -0.1) is 5.10 Å². The molecule has 0 aromatic carbocycles. The fraction of sp³-hybridized carbons (Fsp3) is 0.636. The van der Waals surface area contributed by atoms with Crippen molar-refractivity contribution < 1.29 is 32.9 Å². The van der Waals surface area contributed by atoms with Crippen LogP contribution in [0.1, 0.15) is 19.3 Å². The second-order valence-electron chi connectivity index (χ2n) is 4.69. The molecule has 0 spiro atoms. The molecule has 2 N–H and O–H groups in total. The van der Waals surface area contributed by atoms with Crippen molar-refractivity contribution in [3.63, 3.8) is 0 Å². The molecule has 0 saturated heterocycles. The molecule has 1 atom stereocenters. The van der Waals surface area contributed by atoms with E-state index in [-0.39, 0.29) is 31.7 Å². The summed E-state index contributed by atoms with van der Waals surface area (Å²) in [7, 11) is 0. The third kappa shape index (κ3) is 2.72. The average Bonchev–Trinajstić information content (AvgIpc) is 3.03. The van der Waals surface area contributed by atoms with E-state index in [0.717, 1.165) is 6.20 Å². The monoisotopic (exact) mass is 294 g/mol. The summed E-state index contributed by atoms with van der Waals surface area (Å²) in [5.74, 6) is -0.0172. The Balaban J connectivity index is 1.82. The molecular weight excluding hydrogens is 281 g/mol. The van der Waals surface area contributed by atoms with Crippen molar-refractivity contribution in [3.05, 3.63) is 12.3 Å². The third-order valence-corrected chi connectivity index (χ3v) is 3.39. The van der Waals surface area contributed by atoms with Crippen molar-refractivity contribution in [1.29, 1.82) is 0 Å². The van der Waals surface area contributed by atoms with Gasteiger partial charge in [-0.2, -0.15) is 17.9 Å². The smallest absolute Gasteiger partial charge is 0.432 e. The molecule has 20 heavy (non-hydrogen) atoms. The van der Waals surface area contributed by atoms with Crippen LogP contribution in [0.5, 0.6) is 5.88 Å². The molecule has 1 aliphatic carbocycles. The zero-order valence-corrected chi connectivity index (χ0v) is 10.3. The fourth-order valence-electron chi connectivity index (χ4n) is 1.98. The molecule has 0 amide bonds. The summed E-state index contributed by atoms with van der Waals surface area (Å²) in [5, 5.41) is 21.7. The first kappa shape index (κ1) is 14.6. The molecule has 2 rings (SSSR count). The second kappa shape index (κ2) is 4.97. The minimum absolute atomic E-state index is 0.0172. The van der Waals surface area contributed by atoms with Gasteiger partial charge < -0.3 is 14.9 Å². The number of nitrogens with zero attached hydrogens (tertiary/aromatic N) is 2. The highest BCUT2D eigenvalue weighted by atomic mass is 19.4. The summed E-state index contributed by atoms with van der Waals surface area (Å²) in [6, 6.07) is 1.27. The van der Waals surface area contributed by atoms with Crippen LogP contribution in [0, 0.1) is 5.41 Å². The Hall–Kier alpha value is -1.77. The van der Waals surface area contributed by atoms with E-state index in [1.807, 2.05) is 0 Å². The Kier molecular flexibility index (Phi) is 3.63. The van der Waals surface area contributed by atoms with Gasteiger partial charge in [0, 0.05) is 18.7 Å². The number of carboxylic acid groups (broad SMARTS) is 1. The van der Waals surface area contributed by atoms with Gasteiger partial charge in [-0.25, -0.2) is 4.79 Å². The first-order valence-electron chi connectivity index (χ1n) is 5.93. The summed E-state index contributed by atoms with van der Waals surface area (Å²) >= 11 is 0. The predicted molar refractivity (Wildman–Crippen MR) is 59.5 cm³/mol. The van der Waals surface area contributed by atoms with Gasteiger partial charge in [-0.05, 0) is 12.8 Å². The lowest BCUT2D eigenvalue weighted by molar-refractivity contribution is -0.215. The van der Waals surface area contributed by atoms with Crippen molar-refractivity contribution in [2.45, 2.75) is 31.5 Å². The Bertz CT molecular complexity index is 496. The number of alkyl halides is 3. The number of carbonyl (C=O) groups is 1. The van der Waals surface area contributed by atoms with Crippen molar-refractivity contribution in [1.82, 2.24) is 9.78 Å². The van der Waals surface area contributed by atoms with Gasteiger partial charge >= 0.3 is 12.3 Å². The molecule has 1 aromatic rings. The van der Waals surface area contributed by atoms with E-state index in [2.05, 4.69) is 5.10 Å². The first-order chi connectivity index (χ1) is 9.26. The SMILES string of the molecule is O=C(O)n1ccc(OCC[C@H](O)C2(C(F)(F)F)CC2)n1. The predicted octanol–water partition coefficient (Wildman–Crippen LogP) is 1.88. The third-order valence-electron chi connectivity index (χ3n) is 3.39. The van der Waals surface area contributed by atoms with Gasteiger partial charge in [0.1, 0.15) is 0 Å². The summed E-state index contributed by atoms with van der Waals surface area (Å²) < 4.78 is 43.8. The lowest BCUT2D eigenvalue weighted by atomic mass is 9.96. The lowest BCUT2D eigenvalue weighted by Crippen LogP contribution is -2.37. The number of aliphatic hydroxyl groups is 1. The van der Waals surface area contributed by atoms with E-state index < -0.39 is 23.8 Å². The van der Waals surface area contributed by atoms with Crippen LogP contribution >= 0.6 is 0 Å². The van der Waals surface area contributed by atoms with Crippen LogP contribution in [-0.4, -0.2) is 45.0 Å². The van der Waals surface area contributed by atoms with Gasteiger partial charge in [0.25, 0.3) is 0 Å². The van der Waals surface area contributed by atoms with E-state index in [0.29, 0.717) is 4.68 Å². The number of ether oxygens (including phenoxy) is 1. The maximum absolute atomic E-state index is 12.7. The Morgan fingerprint density at radius 2 is 2.20 bits per heavy atom. The van der Waals surface area contributed by atoms with E-state index in [9.17, 15) is 23.1 Å². The van der Waals surface area contributed by atoms with Crippen molar-refractivity contribution >= 4 is 6.09 Å². The highest BCUT2D eigenvalue weighted by Gasteiger charge is 2.66. The van der Waals surface area contributed by atoms with Crippen LogP contribution in [0.3, 0.4) is 0 Å². The van der Waals surface area contributed by atoms with Crippen LogP contribution in [0.15, 0.2) is 12.3 Å². The zero-order chi connectivity index (χ0) is 15.0. The Labute approximate surface area is 111 Å². The summed E-state index contributed by atoms with van der Waals surface area (Å²) in [6.45, 7) is -0.171. The van der Waals surface area contributed by atoms with E-state index in [4.69, 9.17) is 9.84 Å². The summed E-state index contributed by atoms with van der Waals surface area (Å²) in [5.41, 5.74) is -2.00. The minimum Gasteiger partial charge on any atom is -0.476 e. The maximum atomic E-state index is 12.7. The second-order valence-corrected chi connectivity index (χ2v) is 4.69.